The molecule has 0 fully saturated rings. The summed E-state index contributed by atoms with van der Waals surface area (Å²) in [4.78, 5) is 42.6. The molecule has 0 bridgehead atoms. The maximum Gasteiger partial charge on any atom is 0.332 e. The molecular weight excluding hydrogens is 444 g/mol. The molecule has 0 saturated heterocycles. The van der Waals surface area contributed by atoms with Crippen molar-refractivity contribution in [3.05, 3.63) is 56.6 Å². The van der Waals surface area contributed by atoms with Gasteiger partial charge in [-0.15, -0.1) is 5.92 Å². The van der Waals surface area contributed by atoms with Crippen LogP contribution in [0.1, 0.15) is 32.3 Å². The number of nitrogens with zero attached hydrogens (tertiary/aromatic N) is 7. The number of hydrogen-bond acceptors (Lipinski definition) is 7. The van der Waals surface area contributed by atoms with Crippen LogP contribution in [0.25, 0.3) is 22.1 Å². The van der Waals surface area contributed by atoms with Crippen molar-refractivity contribution in [1.29, 1.82) is 0 Å². The Hall–Kier alpha value is -3.97. The summed E-state index contributed by atoms with van der Waals surface area (Å²) < 4.78 is 4.27. The van der Waals surface area contributed by atoms with Gasteiger partial charge >= 0.3 is 5.69 Å². The number of nitrogens with two attached hydrogens (primary N) is 1. The van der Waals surface area contributed by atoms with Crippen molar-refractivity contribution in [2.75, 3.05) is 18.5 Å². The Kier molecular flexibility index (Phi) is 6.21. The van der Waals surface area contributed by atoms with Gasteiger partial charge in [0.25, 0.3) is 5.56 Å². The second kappa shape index (κ2) is 9.00. The lowest BCUT2D eigenvalue weighted by atomic mass is 10.1. The van der Waals surface area contributed by atoms with E-state index in [9.17, 15) is 9.59 Å². The van der Waals surface area contributed by atoms with Crippen molar-refractivity contribution < 1.29 is 0 Å². The molecule has 4 rings (SSSR count). The highest BCUT2D eigenvalue weighted by atomic mass is 16.2. The number of hydrogen-bond donors (Lipinski definition) is 1. The van der Waals surface area contributed by atoms with Gasteiger partial charge in [0.2, 0.25) is 5.95 Å². The minimum atomic E-state index is -0.495. The van der Waals surface area contributed by atoms with Crippen molar-refractivity contribution >= 4 is 28.0 Å². The molecule has 4 aromatic rings. The van der Waals surface area contributed by atoms with Crippen molar-refractivity contribution in [3.8, 4) is 11.8 Å². The third kappa shape index (κ3) is 4.55. The van der Waals surface area contributed by atoms with E-state index in [1.165, 1.54) is 4.57 Å². The summed E-state index contributed by atoms with van der Waals surface area (Å²) in [5, 5.41) is 0.929. The molecule has 0 atom stereocenters. The Balaban J connectivity index is 1.92. The molecule has 10 nitrogen and oxygen atoms in total. The quantitative estimate of drug-likeness (QED) is 0.420. The molecule has 2 N–H and O–H groups in total. The molecule has 0 aliphatic heterocycles. The summed E-state index contributed by atoms with van der Waals surface area (Å²) in [5.74, 6) is 6.79. The first-order valence-electron chi connectivity index (χ1n) is 11.3. The van der Waals surface area contributed by atoms with Crippen LogP contribution in [0.2, 0.25) is 0 Å². The van der Waals surface area contributed by atoms with Crippen molar-refractivity contribution in [2.24, 2.45) is 12.8 Å². The third-order valence-electron chi connectivity index (χ3n) is 5.75. The lowest BCUT2D eigenvalue weighted by Gasteiger charge is -2.27. The van der Waals surface area contributed by atoms with Gasteiger partial charge < -0.3 is 10.6 Å². The average Bonchev–Trinajstić information content (AvgIpc) is 3.18. The van der Waals surface area contributed by atoms with Crippen LogP contribution < -0.4 is 21.9 Å². The van der Waals surface area contributed by atoms with Crippen LogP contribution in [-0.2, 0) is 20.1 Å². The zero-order valence-corrected chi connectivity index (χ0v) is 21.0. The van der Waals surface area contributed by atoms with E-state index in [4.69, 9.17) is 5.73 Å². The van der Waals surface area contributed by atoms with Crippen molar-refractivity contribution in [1.82, 2.24) is 28.7 Å². The van der Waals surface area contributed by atoms with E-state index in [1.54, 1.807) is 18.5 Å². The predicted molar refractivity (Wildman–Crippen MR) is 138 cm³/mol. The van der Waals surface area contributed by atoms with Gasteiger partial charge in [0.15, 0.2) is 11.2 Å². The van der Waals surface area contributed by atoms with Gasteiger partial charge in [-0.2, -0.15) is 4.98 Å². The Labute approximate surface area is 203 Å². The number of imidazole rings is 1. The smallest absolute Gasteiger partial charge is 0.332 e. The molecule has 0 spiro atoms. The van der Waals surface area contributed by atoms with Gasteiger partial charge in [-0.05, 0) is 33.8 Å². The normalized spacial score (nSPS) is 11.6. The number of rotatable bonds is 6. The molecule has 0 saturated carbocycles. The lowest BCUT2D eigenvalue weighted by Crippen LogP contribution is -2.44. The molecule has 0 radical (unpaired) electrons. The van der Waals surface area contributed by atoms with E-state index in [0.29, 0.717) is 29.5 Å². The highest BCUT2D eigenvalue weighted by molar-refractivity contribution is 5.80. The molecular formula is C25H30N8O2. The van der Waals surface area contributed by atoms with Crippen LogP contribution in [-0.4, -0.2) is 47.8 Å². The molecule has 10 heteroatoms. The number of anilines is 1. The average molecular weight is 475 g/mol. The van der Waals surface area contributed by atoms with Crippen LogP contribution in [0.5, 0.6) is 0 Å². The maximum absolute atomic E-state index is 13.7. The van der Waals surface area contributed by atoms with Crippen LogP contribution in [0.3, 0.4) is 0 Å². The Morgan fingerprint density at radius 1 is 1.11 bits per heavy atom. The highest BCUT2D eigenvalue weighted by Crippen LogP contribution is 2.20. The molecule has 35 heavy (non-hydrogen) atoms. The molecule has 3 aromatic heterocycles. The number of benzene rings is 1. The lowest BCUT2D eigenvalue weighted by molar-refractivity contribution is 0.512. The second-order valence-corrected chi connectivity index (χ2v) is 9.42. The van der Waals surface area contributed by atoms with E-state index in [1.807, 2.05) is 57.0 Å². The zero-order valence-electron chi connectivity index (χ0n) is 21.0. The fourth-order valence-electron chi connectivity index (χ4n) is 4.29. The largest absolute Gasteiger partial charge is 0.343 e. The molecule has 0 amide bonds. The summed E-state index contributed by atoms with van der Waals surface area (Å²) >= 11 is 0. The Morgan fingerprint density at radius 3 is 2.51 bits per heavy atom. The van der Waals surface area contributed by atoms with Crippen molar-refractivity contribution in [2.45, 2.75) is 46.3 Å². The summed E-state index contributed by atoms with van der Waals surface area (Å²) in [6.07, 6.45) is 0. The van der Waals surface area contributed by atoms with Gasteiger partial charge in [0, 0.05) is 37.3 Å². The van der Waals surface area contributed by atoms with Gasteiger partial charge in [-0.25, -0.2) is 14.8 Å². The molecule has 0 aliphatic carbocycles. The topological polar surface area (TPSA) is 117 Å². The van der Waals surface area contributed by atoms with Crippen LogP contribution >= 0.6 is 0 Å². The summed E-state index contributed by atoms with van der Waals surface area (Å²) in [7, 11) is 3.46. The first-order chi connectivity index (χ1) is 16.5. The minimum absolute atomic E-state index is 0.0568. The fraction of sp³-hybridized carbons (Fsp3) is 0.400. The van der Waals surface area contributed by atoms with E-state index in [0.717, 1.165) is 21.2 Å². The second-order valence-electron chi connectivity index (χ2n) is 9.42. The van der Waals surface area contributed by atoms with Gasteiger partial charge in [0.1, 0.15) is 5.82 Å². The summed E-state index contributed by atoms with van der Waals surface area (Å²) in [6.45, 7) is 8.13. The molecule has 3 heterocycles. The molecule has 182 valence electrons. The predicted octanol–water partition coefficient (Wildman–Crippen LogP) is 1.39. The summed E-state index contributed by atoms with van der Waals surface area (Å²) in [5.41, 5.74) is 6.91. The number of likely N-dealkylation sites (N-methyl/N-ethyl adjacent to an activating group) is 1. The van der Waals surface area contributed by atoms with Gasteiger partial charge in [0.05, 0.1) is 18.6 Å². The number of aromatic nitrogens is 6. The van der Waals surface area contributed by atoms with E-state index < -0.39 is 16.8 Å². The first-order valence-corrected chi connectivity index (χ1v) is 11.3. The van der Waals surface area contributed by atoms with E-state index >= 15 is 0 Å². The van der Waals surface area contributed by atoms with Crippen LogP contribution in [0.4, 0.5) is 5.95 Å². The van der Waals surface area contributed by atoms with Gasteiger partial charge in [-0.3, -0.25) is 18.5 Å². The minimum Gasteiger partial charge on any atom is -0.343 e. The molecule has 1 aromatic carbocycles. The van der Waals surface area contributed by atoms with E-state index in [2.05, 4.69) is 26.8 Å². The number of aryl methyl sites for hydroxylation is 2. The van der Waals surface area contributed by atoms with Crippen LogP contribution in [0, 0.1) is 18.8 Å². The summed E-state index contributed by atoms with van der Waals surface area (Å²) in [6, 6.07) is 7.65. The monoisotopic (exact) mass is 474 g/mol. The van der Waals surface area contributed by atoms with Gasteiger partial charge in [-0.1, -0.05) is 24.1 Å². The number of fused-ring (bicyclic) bond motifs is 2. The maximum atomic E-state index is 13.7. The first kappa shape index (κ1) is 24.2. The standard InChI is InChI=1S/C25H30N8O2/c1-7-8-13-32-20-21(29-23(32)30(5)15-25(3,4)26)31(6)24(35)33(22(20)34)14-19-27-16(2)17-11-9-10-12-18(17)28-19/h9-12H,13-15,26H2,1-6H3. The highest BCUT2D eigenvalue weighted by Gasteiger charge is 2.24. The molecule has 0 unspecified atom stereocenters. The SMILES string of the molecule is CC#CCn1c(N(C)CC(C)(C)N)nc2c1c(=O)n(Cc1nc(C)c3ccccc3n1)c(=O)n2C. The van der Waals surface area contributed by atoms with Crippen molar-refractivity contribution in [3.63, 3.8) is 0 Å². The van der Waals surface area contributed by atoms with E-state index in [-0.39, 0.29) is 13.1 Å². The Bertz CT molecular complexity index is 1610. The third-order valence-corrected chi connectivity index (χ3v) is 5.75. The fourth-order valence-corrected chi connectivity index (χ4v) is 4.29. The number of para-hydroxylation sites is 1. The zero-order chi connectivity index (χ0) is 25.5. The van der Waals surface area contributed by atoms with Crippen LogP contribution in [0.15, 0.2) is 33.9 Å². The Morgan fingerprint density at radius 2 is 1.83 bits per heavy atom. The molecule has 0 aliphatic rings.